The zero-order chi connectivity index (χ0) is 16.0. The van der Waals surface area contributed by atoms with Gasteiger partial charge in [-0.3, -0.25) is 19.2 Å². The Bertz CT molecular complexity index is 785. The van der Waals surface area contributed by atoms with Crippen molar-refractivity contribution in [3.8, 4) is 11.3 Å². The normalized spacial score (nSPS) is 23.8. The SMILES string of the molecule is CC(C)N1CCC2(CCn3c2nnc(-c2ccncc2)c3=O)C1. The van der Waals surface area contributed by atoms with Crippen molar-refractivity contribution in [3.63, 3.8) is 0 Å². The summed E-state index contributed by atoms with van der Waals surface area (Å²) >= 11 is 0. The topological polar surface area (TPSA) is 63.9 Å². The van der Waals surface area contributed by atoms with Crippen LogP contribution in [0.25, 0.3) is 11.3 Å². The highest BCUT2D eigenvalue weighted by atomic mass is 16.1. The maximum Gasteiger partial charge on any atom is 0.280 e. The Kier molecular flexibility index (Phi) is 3.30. The first kappa shape index (κ1) is 14.5. The molecule has 1 unspecified atom stereocenters. The van der Waals surface area contributed by atoms with Crippen molar-refractivity contribution in [1.82, 2.24) is 24.6 Å². The highest BCUT2D eigenvalue weighted by Crippen LogP contribution is 2.41. The minimum absolute atomic E-state index is 0.00715. The molecule has 1 spiro atoms. The van der Waals surface area contributed by atoms with Crippen LogP contribution in [0.4, 0.5) is 0 Å². The van der Waals surface area contributed by atoms with Crippen molar-refractivity contribution < 1.29 is 0 Å². The van der Waals surface area contributed by atoms with E-state index >= 15 is 0 Å². The average Bonchev–Trinajstić information content (AvgIpc) is 3.15. The summed E-state index contributed by atoms with van der Waals surface area (Å²) in [6, 6.07) is 4.14. The predicted molar refractivity (Wildman–Crippen MR) is 87.1 cm³/mol. The summed E-state index contributed by atoms with van der Waals surface area (Å²) < 4.78 is 1.84. The summed E-state index contributed by atoms with van der Waals surface area (Å²) in [6.07, 6.45) is 5.40. The van der Waals surface area contributed by atoms with E-state index in [0.29, 0.717) is 11.7 Å². The lowest BCUT2D eigenvalue weighted by Gasteiger charge is -2.25. The van der Waals surface area contributed by atoms with E-state index in [-0.39, 0.29) is 11.0 Å². The van der Waals surface area contributed by atoms with Crippen molar-refractivity contribution in [2.45, 2.75) is 44.7 Å². The third-order valence-electron chi connectivity index (χ3n) is 5.30. The number of nitrogens with zero attached hydrogens (tertiary/aromatic N) is 5. The van der Waals surface area contributed by atoms with Crippen LogP contribution >= 0.6 is 0 Å². The van der Waals surface area contributed by atoms with Gasteiger partial charge >= 0.3 is 0 Å². The standard InChI is InChI=1S/C17H21N5O/c1-12(2)21-9-5-17(11-21)6-10-22-15(23)14(19-20-16(17)22)13-3-7-18-8-4-13/h3-4,7-8,12H,5-6,9-11H2,1-2H3. The van der Waals surface area contributed by atoms with Crippen molar-refractivity contribution in [2.24, 2.45) is 0 Å². The van der Waals surface area contributed by atoms with Crippen LogP contribution in [0.15, 0.2) is 29.3 Å². The summed E-state index contributed by atoms with van der Waals surface area (Å²) in [5.74, 6) is 0.878. The van der Waals surface area contributed by atoms with Crippen LogP contribution in [0.2, 0.25) is 0 Å². The lowest BCUT2D eigenvalue weighted by atomic mass is 9.85. The Balaban J connectivity index is 1.75. The van der Waals surface area contributed by atoms with E-state index in [1.807, 2.05) is 4.57 Å². The zero-order valence-corrected chi connectivity index (χ0v) is 13.6. The molecule has 0 aliphatic carbocycles. The first-order valence-corrected chi connectivity index (χ1v) is 8.23. The molecule has 2 aromatic rings. The molecule has 4 heterocycles. The molecular formula is C17H21N5O. The highest BCUT2D eigenvalue weighted by molar-refractivity contribution is 5.56. The molecule has 0 bridgehead atoms. The van der Waals surface area contributed by atoms with Gasteiger partial charge in [0.25, 0.3) is 5.56 Å². The maximum atomic E-state index is 12.8. The number of hydrogen-bond donors (Lipinski definition) is 0. The Labute approximate surface area is 135 Å². The summed E-state index contributed by atoms with van der Waals surface area (Å²) in [7, 11) is 0. The lowest BCUT2D eigenvalue weighted by molar-refractivity contribution is 0.253. The van der Waals surface area contributed by atoms with E-state index in [0.717, 1.165) is 43.9 Å². The molecule has 23 heavy (non-hydrogen) atoms. The Morgan fingerprint density at radius 2 is 1.87 bits per heavy atom. The Morgan fingerprint density at radius 1 is 1.13 bits per heavy atom. The molecule has 0 N–H and O–H groups in total. The summed E-state index contributed by atoms with van der Waals surface area (Å²) in [4.78, 5) is 19.3. The van der Waals surface area contributed by atoms with Crippen molar-refractivity contribution in [2.75, 3.05) is 13.1 Å². The second kappa shape index (κ2) is 5.23. The Morgan fingerprint density at radius 3 is 2.57 bits per heavy atom. The smallest absolute Gasteiger partial charge is 0.280 e. The molecule has 2 aliphatic heterocycles. The van der Waals surface area contributed by atoms with E-state index in [2.05, 4.69) is 33.9 Å². The van der Waals surface area contributed by atoms with E-state index in [1.165, 1.54) is 0 Å². The van der Waals surface area contributed by atoms with E-state index in [1.54, 1.807) is 24.5 Å². The van der Waals surface area contributed by atoms with Crippen molar-refractivity contribution in [1.29, 1.82) is 0 Å². The van der Waals surface area contributed by atoms with Crippen LogP contribution in [0, 0.1) is 0 Å². The van der Waals surface area contributed by atoms with Crippen LogP contribution in [0.1, 0.15) is 32.5 Å². The van der Waals surface area contributed by atoms with Crippen LogP contribution in [-0.2, 0) is 12.0 Å². The average molecular weight is 311 g/mol. The van der Waals surface area contributed by atoms with Crippen molar-refractivity contribution in [3.05, 3.63) is 40.7 Å². The molecule has 2 aliphatic rings. The molecule has 1 saturated heterocycles. The molecule has 2 aromatic heterocycles. The van der Waals surface area contributed by atoms with Gasteiger partial charge in [-0.1, -0.05) is 0 Å². The first-order valence-electron chi connectivity index (χ1n) is 8.23. The third kappa shape index (κ3) is 2.20. The maximum absolute atomic E-state index is 12.8. The van der Waals surface area contributed by atoms with Gasteiger partial charge < -0.3 is 0 Å². The summed E-state index contributed by atoms with van der Waals surface area (Å²) in [5, 5.41) is 8.77. The molecule has 1 fully saturated rings. The molecule has 0 saturated carbocycles. The van der Waals surface area contributed by atoms with Crippen LogP contribution in [0.5, 0.6) is 0 Å². The first-order chi connectivity index (χ1) is 11.1. The zero-order valence-electron chi connectivity index (χ0n) is 13.6. The second-order valence-electron chi connectivity index (χ2n) is 6.91. The molecule has 120 valence electrons. The van der Waals surface area contributed by atoms with Gasteiger partial charge in [0.15, 0.2) is 5.69 Å². The fraction of sp³-hybridized carbons (Fsp3) is 0.529. The monoisotopic (exact) mass is 311 g/mol. The van der Waals surface area contributed by atoms with Crippen LogP contribution in [0.3, 0.4) is 0 Å². The van der Waals surface area contributed by atoms with Gasteiger partial charge in [-0.05, 0) is 45.4 Å². The van der Waals surface area contributed by atoms with Gasteiger partial charge in [-0.15, -0.1) is 10.2 Å². The second-order valence-corrected chi connectivity index (χ2v) is 6.91. The molecule has 6 heteroatoms. The van der Waals surface area contributed by atoms with Gasteiger partial charge in [0, 0.05) is 42.5 Å². The lowest BCUT2D eigenvalue weighted by Crippen LogP contribution is -2.35. The minimum atomic E-state index is -0.0268. The fourth-order valence-corrected chi connectivity index (χ4v) is 3.88. The summed E-state index contributed by atoms with van der Waals surface area (Å²) in [5.41, 5.74) is 1.18. The molecular weight excluding hydrogens is 290 g/mol. The van der Waals surface area contributed by atoms with Gasteiger partial charge in [-0.2, -0.15) is 0 Å². The molecule has 6 nitrogen and oxygen atoms in total. The van der Waals surface area contributed by atoms with E-state index in [9.17, 15) is 4.79 Å². The summed E-state index contributed by atoms with van der Waals surface area (Å²) in [6.45, 7) is 7.24. The molecule has 1 atom stereocenters. The van der Waals surface area contributed by atoms with Crippen LogP contribution < -0.4 is 5.56 Å². The molecule has 0 amide bonds. The molecule has 4 rings (SSSR count). The molecule has 0 aromatic carbocycles. The van der Waals surface area contributed by atoms with Crippen LogP contribution in [-0.4, -0.2) is 43.8 Å². The fourth-order valence-electron chi connectivity index (χ4n) is 3.88. The van der Waals surface area contributed by atoms with Gasteiger partial charge in [0.1, 0.15) is 5.82 Å². The highest BCUT2D eigenvalue weighted by Gasteiger charge is 2.47. The number of hydrogen-bond acceptors (Lipinski definition) is 5. The van der Waals surface area contributed by atoms with Gasteiger partial charge in [0.05, 0.1) is 0 Å². The minimum Gasteiger partial charge on any atom is -0.300 e. The van der Waals surface area contributed by atoms with Crippen molar-refractivity contribution >= 4 is 0 Å². The number of aromatic nitrogens is 4. The number of likely N-dealkylation sites (tertiary alicyclic amines) is 1. The predicted octanol–water partition coefficient (Wildman–Crippen LogP) is 1.46. The number of pyridine rings is 1. The van der Waals surface area contributed by atoms with E-state index in [4.69, 9.17) is 0 Å². The molecule has 0 radical (unpaired) electrons. The van der Waals surface area contributed by atoms with Gasteiger partial charge in [-0.25, -0.2) is 0 Å². The quantitative estimate of drug-likeness (QED) is 0.840. The number of rotatable bonds is 2. The third-order valence-corrected chi connectivity index (χ3v) is 5.30. The van der Waals surface area contributed by atoms with E-state index < -0.39 is 0 Å². The Hall–Kier alpha value is -2.08. The number of fused-ring (bicyclic) bond motifs is 2. The van der Waals surface area contributed by atoms with Gasteiger partial charge in [0.2, 0.25) is 0 Å². The largest absolute Gasteiger partial charge is 0.300 e.